The molecule has 0 spiro atoms. The second-order valence-corrected chi connectivity index (χ2v) is 3.32. The van der Waals surface area contributed by atoms with Crippen LogP contribution in [0.5, 0.6) is 0 Å². The highest BCUT2D eigenvalue weighted by atomic mass is 16.5. The normalized spacial score (nSPS) is 22.9. The van der Waals surface area contributed by atoms with Crippen LogP contribution in [0.4, 0.5) is 0 Å². The monoisotopic (exact) mass is 168 g/mol. The molecule has 1 saturated heterocycles. The fourth-order valence-electron chi connectivity index (χ4n) is 1.43. The first kappa shape index (κ1) is 9.30. The molecule has 0 saturated carbocycles. The molecule has 1 aliphatic rings. The molecule has 0 bridgehead atoms. The lowest BCUT2D eigenvalue weighted by atomic mass is 9.97. The summed E-state index contributed by atoms with van der Waals surface area (Å²) in [5.74, 6) is 0.0977. The third kappa shape index (κ3) is 2.10. The van der Waals surface area contributed by atoms with Gasteiger partial charge < -0.3 is 4.74 Å². The van der Waals surface area contributed by atoms with Gasteiger partial charge in [0.2, 0.25) is 0 Å². The minimum absolute atomic E-state index is 0.198. The van der Waals surface area contributed by atoms with Crippen LogP contribution in [0.3, 0.4) is 0 Å². The van der Waals surface area contributed by atoms with E-state index in [-0.39, 0.29) is 5.97 Å². The predicted molar refractivity (Wildman–Crippen MR) is 47.7 cm³/mol. The Kier molecular flexibility index (Phi) is 3.32. The van der Waals surface area contributed by atoms with Crippen molar-refractivity contribution in [2.24, 2.45) is 5.92 Å². The van der Waals surface area contributed by atoms with Gasteiger partial charge in [-0.2, -0.15) is 0 Å². The van der Waals surface area contributed by atoms with Crippen LogP contribution in [0.1, 0.15) is 32.6 Å². The molecule has 0 N–H and O–H groups in total. The van der Waals surface area contributed by atoms with E-state index in [4.69, 9.17) is 4.74 Å². The zero-order valence-corrected chi connectivity index (χ0v) is 7.64. The number of hydrogen-bond acceptors (Lipinski definition) is 2. The van der Waals surface area contributed by atoms with Gasteiger partial charge >= 0.3 is 5.97 Å². The third-order valence-corrected chi connectivity index (χ3v) is 2.33. The fourth-order valence-corrected chi connectivity index (χ4v) is 1.43. The Morgan fingerprint density at radius 1 is 1.58 bits per heavy atom. The van der Waals surface area contributed by atoms with Crippen LogP contribution in [0.2, 0.25) is 0 Å². The molecular weight excluding hydrogens is 152 g/mol. The highest BCUT2D eigenvalue weighted by molar-refractivity contribution is 5.90. The van der Waals surface area contributed by atoms with E-state index in [2.05, 4.69) is 13.5 Å². The fraction of sp³-hybridized carbons (Fsp3) is 0.700. The van der Waals surface area contributed by atoms with Crippen LogP contribution in [0, 0.1) is 5.92 Å². The average molecular weight is 168 g/mol. The summed E-state index contributed by atoms with van der Waals surface area (Å²) in [6.07, 6.45) is 4.68. The van der Waals surface area contributed by atoms with Gasteiger partial charge in [0, 0.05) is 11.5 Å². The summed E-state index contributed by atoms with van der Waals surface area (Å²) in [6.45, 7) is 6.45. The van der Waals surface area contributed by atoms with Crippen LogP contribution < -0.4 is 0 Å². The van der Waals surface area contributed by atoms with Gasteiger partial charge in [0.15, 0.2) is 0 Å². The molecule has 1 unspecified atom stereocenters. The second kappa shape index (κ2) is 4.29. The molecule has 0 amide bonds. The molecule has 2 nitrogen and oxygen atoms in total. The lowest BCUT2D eigenvalue weighted by Gasteiger charge is -2.05. The van der Waals surface area contributed by atoms with Crippen LogP contribution in [0.15, 0.2) is 12.2 Å². The number of cyclic esters (lactones) is 1. The molecule has 1 aliphatic heterocycles. The molecule has 1 heterocycles. The molecule has 0 aromatic rings. The summed E-state index contributed by atoms with van der Waals surface area (Å²) in [4.78, 5) is 10.9. The first-order valence-corrected chi connectivity index (χ1v) is 4.61. The summed E-state index contributed by atoms with van der Waals surface area (Å²) < 4.78 is 4.87. The molecule has 1 atom stereocenters. The molecule has 68 valence electrons. The van der Waals surface area contributed by atoms with Crippen molar-refractivity contribution in [3.63, 3.8) is 0 Å². The first-order valence-electron chi connectivity index (χ1n) is 4.61. The van der Waals surface area contributed by atoms with Crippen molar-refractivity contribution in [3.8, 4) is 0 Å². The Bertz CT molecular complexity index is 184. The van der Waals surface area contributed by atoms with Crippen molar-refractivity contribution >= 4 is 5.97 Å². The van der Waals surface area contributed by atoms with Crippen LogP contribution in [-0.4, -0.2) is 12.6 Å². The number of rotatable bonds is 4. The van der Waals surface area contributed by atoms with E-state index >= 15 is 0 Å². The Hall–Kier alpha value is -0.790. The number of carbonyl (C=O) groups excluding carboxylic acids is 1. The van der Waals surface area contributed by atoms with Gasteiger partial charge in [-0.1, -0.05) is 32.8 Å². The number of carbonyl (C=O) groups is 1. The number of unbranched alkanes of at least 4 members (excludes halogenated alkanes) is 2. The van der Waals surface area contributed by atoms with Crippen LogP contribution in [-0.2, 0) is 9.53 Å². The van der Waals surface area contributed by atoms with Crippen molar-refractivity contribution in [2.75, 3.05) is 6.61 Å². The van der Waals surface area contributed by atoms with Gasteiger partial charge in [0.05, 0.1) is 6.61 Å². The Morgan fingerprint density at radius 2 is 2.33 bits per heavy atom. The molecule has 0 radical (unpaired) electrons. The largest absolute Gasteiger partial charge is 0.462 e. The van der Waals surface area contributed by atoms with Gasteiger partial charge in [-0.15, -0.1) is 0 Å². The Balaban J connectivity index is 2.25. The molecule has 0 aliphatic carbocycles. The van der Waals surface area contributed by atoms with Gasteiger partial charge in [-0.25, -0.2) is 4.79 Å². The Morgan fingerprint density at radius 3 is 2.83 bits per heavy atom. The zero-order valence-electron chi connectivity index (χ0n) is 7.64. The first-order chi connectivity index (χ1) is 5.75. The molecule has 12 heavy (non-hydrogen) atoms. The summed E-state index contributed by atoms with van der Waals surface area (Å²) >= 11 is 0. The van der Waals surface area contributed by atoms with E-state index in [0.29, 0.717) is 18.1 Å². The lowest BCUT2D eigenvalue weighted by Crippen LogP contribution is -2.01. The van der Waals surface area contributed by atoms with E-state index in [1.165, 1.54) is 19.3 Å². The molecule has 1 rings (SSSR count). The minimum Gasteiger partial charge on any atom is -0.462 e. The molecule has 2 heteroatoms. The van der Waals surface area contributed by atoms with Crippen LogP contribution in [0.25, 0.3) is 0 Å². The zero-order chi connectivity index (χ0) is 8.97. The van der Waals surface area contributed by atoms with Gasteiger partial charge in [0.1, 0.15) is 0 Å². The van der Waals surface area contributed by atoms with E-state index in [1.54, 1.807) is 0 Å². The summed E-state index contributed by atoms with van der Waals surface area (Å²) in [6, 6.07) is 0. The number of ether oxygens (including phenoxy) is 1. The number of esters is 1. The Labute approximate surface area is 73.6 Å². The lowest BCUT2D eigenvalue weighted by molar-refractivity contribution is -0.135. The van der Waals surface area contributed by atoms with Gasteiger partial charge in [-0.05, 0) is 6.42 Å². The topological polar surface area (TPSA) is 26.3 Å². The molecule has 0 aromatic heterocycles. The van der Waals surface area contributed by atoms with E-state index < -0.39 is 0 Å². The smallest absolute Gasteiger partial charge is 0.333 e. The van der Waals surface area contributed by atoms with E-state index in [1.807, 2.05) is 0 Å². The molecular formula is C10H16O2. The highest BCUT2D eigenvalue weighted by Gasteiger charge is 2.27. The molecule has 0 aromatic carbocycles. The maximum absolute atomic E-state index is 10.9. The van der Waals surface area contributed by atoms with Crippen molar-refractivity contribution in [1.29, 1.82) is 0 Å². The summed E-state index contributed by atoms with van der Waals surface area (Å²) in [5, 5.41) is 0. The quantitative estimate of drug-likeness (QED) is 0.366. The van der Waals surface area contributed by atoms with Crippen molar-refractivity contribution in [1.82, 2.24) is 0 Å². The van der Waals surface area contributed by atoms with Gasteiger partial charge in [-0.3, -0.25) is 0 Å². The van der Waals surface area contributed by atoms with Crippen molar-refractivity contribution in [2.45, 2.75) is 32.6 Å². The third-order valence-electron chi connectivity index (χ3n) is 2.33. The number of hydrogen-bond donors (Lipinski definition) is 0. The summed E-state index contributed by atoms with van der Waals surface area (Å²) in [7, 11) is 0. The maximum atomic E-state index is 10.9. The second-order valence-electron chi connectivity index (χ2n) is 3.32. The van der Waals surface area contributed by atoms with Crippen LogP contribution >= 0.6 is 0 Å². The maximum Gasteiger partial charge on any atom is 0.333 e. The predicted octanol–water partition coefficient (Wildman–Crippen LogP) is 2.30. The van der Waals surface area contributed by atoms with Crippen molar-refractivity contribution < 1.29 is 9.53 Å². The average Bonchev–Trinajstić information content (AvgIpc) is 2.36. The highest BCUT2D eigenvalue weighted by Crippen LogP contribution is 2.24. The van der Waals surface area contributed by atoms with E-state index in [0.717, 1.165) is 6.42 Å². The minimum atomic E-state index is -0.198. The SMILES string of the molecule is C=C1C(=O)OCC1CCCCC. The molecule has 1 fully saturated rings. The standard InChI is InChI=1S/C10H16O2/c1-3-4-5-6-9-7-12-10(11)8(9)2/h9H,2-7H2,1H3. The summed E-state index contributed by atoms with van der Waals surface area (Å²) in [5.41, 5.74) is 0.672. The van der Waals surface area contributed by atoms with E-state index in [9.17, 15) is 4.79 Å². The van der Waals surface area contributed by atoms with Gasteiger partial charge in [0.25, 0.3) is 0 Å². The van der Waals surface area contributed by atoms with Crippen molar-refractivity contribution in [3.05, 3.63) is 12.2 Å².